The topological polar surface area (TPSA) is 109 Å². The van der Waals surface area contributed by atoms with Crippen LogP contribution in [-0.2, 0) is 20.2 Å². The highest BCUT2D eigenvalue weighted by Gasteiger charge is 2.25. The summed E-state index contributed by atoms with van der Waals surface area (Å²) in [5.41, 5.74) is 12.4. The number of nitrogen functional groups attached to an aromatic ring is 1. The lowest BCUT2D eigenvalue weighted by Gasteiger charge is -2.18. The Hall–Kier alpha value is -4.01. The number of carbonyl (C=O) groups excluding carboxylic acids is 1. The van der Waals surface area contributed by atoms with Crippen LogP contribution >= 0.6 is 0 Å². The van der Waals surface area contributed by atoms with Crippen molar-refractivity contribution in [2.75, 3.05) is 18.8 Å². The van der Waals surface area contributed by atoms with Crippen LogP contribution in [0.1, 0.15) is 27.9 Å². The fourth-order valence-corrected chi connectivity index (χ4v) is 4.70. The number of benzene rings is 2. The van der Waals surface area contributed by atoms with E-state index >= 15 is 0 Å². The van der Waals surface area contributed by atoms with Gasteiger partial charge >= 0.3 is 0 Å². The van der Waals surface area contributed by atoms with Gasteiger partial charge in [-0.2, -0.15) is 5.10 Å². The molecule has 8 nitrogen and oxygen atoms in total. The van der Waals surface area contributed by atoms with Crippen LogP contribution in [0.15, 0.2) is 73.2 Å². The van der Waals surface area contributed by atoms with E-state index in [0.29, 0.717) is 5.56 Å². The quantitative estimate of drug-likeness (QED) is 0.373. The van der Waals surface area contributed by atoms with Crippen molar-refractivity contribution in [1.82, 2.24) is 25.0 Å². The van der Waals surface area contributed by atoms with E-state index in [9.17, 15) is 9.90 Å². The molecule has 0 spiro atoms. The maximum absolute atomic E-state index is 13.0. The van der Waals surface area contributed by atoms with Gasteiger partial charge in [0, 0.05) is 56.2 Å². The number of aryl methyl sites for hydroxylation is 1. The van der Waals surface area contributed by atoms with Crippen molar-refractivity contribution in [3.63, 3.8) is 0 Å². The standard InChI is InChI=1S/C28H30N6O2/c1-33-16-24(14-31-33)23-12-26(27(29)30-13-23)28(36)32-25-8-9-34(17-25)15-19-4-2-6-21(10-19)22-7-3-5-20(11-22)18-35/h2-7,10-14,16,25,35H,8-9,15,17-18H2,1H3,(H2,29,30)(H,32,36)/t25-/m1/s1. The monoisotopic (exact) mass is 482 g/mol. The number of rotatable bonds is 7. The molecule has 2 aromatic carbocycles. The fourth-order valence-electron chi connectivity index (χ4n) is 4.70. The van der Waals surface area contributed by atoms with Gasteiger partial charge in [-0.3, -0.25) is 14.4 Å². The second-order valence-electron chi connectivity index (χ2n) is 9.31. The van der Waals surface area contributed by atoms with Crippen LogP contribution in [0.25, 0.3) is 22.3 Å². The number of aromatic nitrogens is 3. The molecule has 1 aliphatic heterocycles. The zero-order chi connectivity index (χ0) is 25.1. The summed E-state index contributed by atoms with van der Waals surface area (Å²) in [5.74, 6) is 0.0143. The summed E-state index contributed by atoms with van der Waals surface area (Å²) in [6.07, 6.45) is 6.15. The lowest BCUT2D eigenvalue weighted by Crippen LogP contribution is -2.37. The maximum Gasteiger partial charge on any atom is 0.255 e. The molecule has 4 N–H and O–H groups in total. The molecule has 1 saturated heterocycles. The van der Waals surface area contributed by atoms with Crippen LogP contribution in [0.5, 0.6) is 0 Å². The summed E-state index contributed by atoms with van der Waals surface area (Å²) in [6, 6.07) is 18.3. The number of nitrogens with one attached hydrogen (secondary N) is 1. The molecule has 1 aliphatic rings. The van der Waals surface area contributed by atoms with Crippen molar-refractivity contribution in [3.8, 4) is 22.3 Å². The first-order chi connectivity index (χ1) is 17.5. The normalized spacial score (nSPS) is 15.8. The molecule has 0 unspecified atom stereocenters. The Morgan fingerprint density at radius 2 is 1.81 bits per heavy atom. The molecule has 1 atom stereocenters. The molecular formula is C28H30N6O2. The van der Waals surface area contributed by atoms with Crippen LogP contribution in [-0.4, -0.2) is 49.8 Å². The molecule has 184 valence electrons. The predicted octanol–water partition coefficient (Wildman–Crippen LogP) is 3.23. The van der Waals surface area contributed by atoms with Crippen LogP contribution in [0.2, 0.25) is 0 Å². The third-order valence-electron chi connectivity index (χ3n) is 6.58. The highest BCUT2D eigenvalue weighted by atomic mass is 16.3. The SMILES string of the molecule is Cn1cc(-c2cnc(N)c(C(=O)N[C@@H]3CCN(Cc4cccc(-c5cccc(CO)c5)c4)C3)c2)cn1. The third kappa shape index (κ3) is 5.30. The highest BCUT2D eigenvalue weighted by Crippen LogP contribution is 2.24. The van der Waals surface area contributed by atoms with E-state index in [-0.39, 0.29) is 24.4 Å². The molecule has 8 heteroatoms. The average Bonchev–Trinajstić information content (AvgIpc) is 3.53. The average molecular weight is 483 g/mol. The minimum absolute atomic E-state index is 0.0316. The zero-order valence-corrected chi connectivity index (χ0v) is 20.3. The molecule has 5 rings (SSSR count). The van der Waals surface area contributed by atoms with Crippen LogP contribution in [0, 0.1) is 0 Å². The van der Waals surface area contributed by atoms with Crippen molar-refractivity contribution in [2.24, 2.45) is 7.05 Å². The summed E-state index contributed by atoms with van der Waals surface area (Å²) < 4.78 is 1.71. The first-order valence-corrected chi connectivity index (χ1v) is 12.1. The number of likely N-dealkylation sites (tertiary alicyclic amines) is 1. The van der Waals surface area contributed by atoms with E-state index in [0.717, 1.165) is 53.9 Å². The number of nitrogens with zero attached hydrogens (tertiary/aromatic N) is 4. The summed E-state index contributed by atoms with van der Waals surface area (Å²) >= 11 is 0. The first-order valence-electron chi connectivity index (χ1n) is 12.1. The van der Waals surface area contributed by atoms with E-state index in [2.05, 4.69) is 50.6 Å². The minimum atomic E-state index is -0.205. The van der Waals surface area contributed by atoms with Gasteiger partial charge in [-0.1, -0.05) is 36.4 Å². The molecule has 3 heterocycles. The van der Waals surface area contributed by atoms with Crippen molar-refractivity contribution in [2.45, 2.75) is 25.6 Å². The lowest BCUT2D eigenvalue weighted by atomic mass is 10.0. The van der Waals surface area contributed by atoms with Gasteiger partial charge in [0.2, 0.25) is 0 Å². The number of hydrogen-bond acceptors (Lipinski definition) is 6. The molecule has 4 aromatic rings. The Bertz CT molecular complexity index is 1380. The summed E-state index contributed by atoms with van der Waals surface area (Å²) in [7, 11) is 1.85. The van der Waals surface area contributed by atoms with Crippen molar-refractivity contribution < 1.29 is 9.90 Å². The second kappa shape index (κ2) is 10.3. The molecule has 2 aromatic heterocycles. The van der Waals surface area contributed by atoms with Crippen molar-refractivity contribution in [3.05, 3.63) is 89.9 Å². The molecule has 1 fully saturated rings. The zero-order valence-electron chi connectivity index (χ0n) is 20.3. The number of amides is 1. The van der Waals surface area contributed by atoms with E-state index in [4.69, 9.17) is 5.73 Å². The van der Waals surface area contributed by atoms with Crippen molar-refractivity contribution in [1.29, 1.82) is 0 Å². The number of hydrogen-bond donors (Lipinski definition) is 3. The summed E-state index contributed by atoms with van der Waals surface area (Å²) in [4.78, 5) is 19.6. The highest BCUT2D eigenvalue weighted by molar-refractivity contribution is 5.99. The van der Waals surface area contributed by atoms with E-state index < -0.39 is 0 Å². The number of carbonyl (C=O) groups is 1. The Balaban J connectivity index is 1.22. The largest absolute Gasteiger partial charge is 0.392 e. The number of nitrogens with two attached hydrogens (primary N) is 1. The fraction of sp³-hybridized carbons (Fsp3) is 0.250. The Kier molecular flexibility index (Phi) is 6.79. The molecule has 1 amide bonds. The van der Waals surface area contributed by atoms with Gasteiger partial charge in [-0.15, -0.1) is 0 Å². The van der Waals surface area contributed by atoms with Gasteiger partial charge in [-0.05, 0) is 46.9 Å². The van der Waals surface area contributed by atoms with Gasteiger partial charge in [-0.25, -0.2) is 4.98 Å². The van der Waals surface area contributed by atoms with Gasteiger partial charge in [0.15, 0.2) is 0 Å². The van der Waals surface area contributed by atoms with E-state index in [1.807, 2.05) is 31.4 Å². The van der Waals surface area contributed by atoms with Gasteiger partial charge < -0.3 is 16.2 Å². The molecule has 0 aliphatic carbocycles. The Labute approximate surface area is 210 Å². The number of pyridine rings is 1. The summed E-state index contributed by atoms with van der Waals surface area (Å²) in [6.45, 7) is 2.51. The number of aliphatic hydroxyl groups excluding tert-OH is 1. The molecule has 0 saturated carbocycles. The van der Waals surface area contributed by atoms with Crippen LogP contribution in [0.3, 0.4) is 0 Å². The minimum Gasteiger partial charge on any atom is -0.392 e. The van der Waals surface area contributed by atoms with E-state index in [1.54, 1.807) is 23.1 Å². The molecule has 36 heavy (non-hydrogen) atoms. The Morgan fingerprint density at radius 1 is 1.06 bits per heavy atom. The first kappa shape index (κ1) is 23.7. The molecule has 0 bridgehead atoms. The smallest absolute Gasteiger partial charge is 0.255 e. The third-order valence-corrected chi connectivity index (χ3v) is 6.58. The lowest BCUT2D eigenvalue weighted by molar-refractivity contribution is 0.0938. The number of aliphatic hydroxyl groups is 1. The van der Waals surface area contributed by atoms with E-state index in [1.165, 1.54) is 5.56 Å². The van der Waals surface area contributed by atoms with Gasteiger partial charge in [0.25, 0.3) is 5.91 Å². The summed E-state index contributed by atoms with van der Waals surface area (Å²) in [5, 5.41) is 16.8. The second-order valence-corrected chi connectivity index (χ2v) is 9.31. The maximum atomic E-state index is 13.0. The number of anilines is 1. The Morgan fingerprint density at radius 3 is 2.53 bits per heavy atom. The molecular weight excluding hydrogens is 452 g/mol. The molecule has 0 radical (unpaired) electrons. The van der Waals surface area contributed by atoms with Gasteiger partial charge in [0.05, 0.1) is 18.4 Å². The van der Waals surface area contributed by atoms with Gasteiger partial charge in [0.1, 0.15) is 5.82 Å². The van der Waals surface area contributed by atoms with Crippen molar-refractivity contribution >= 4 is 11.7 Å². The van der Waals surface area contributed by atoms with Crippen LogP contribution < -0.4 is 11.1 Å². The van der Waals surface area contributed by atoms with Crippen LogP contribution in [0.4, 0.5) is 5.82 Å². The predicted molar refractivity (Wildman–Crippen MR) is 140 cm³/mol.